The Hall–Kier alpha value is -3.89. The number of carbonyl (C=O) groups is 1. The maximum absolute atomic E-state index is 13.5. The fourth-order valence-corrected chi connectivity index (χ4v) is 4.83. The number of rotatable bonds is 6. The average molecular weight is 559 g/mol. The second kappa shape index (κ2) is 11.1. The largest absolute Gasteiger partial charge is 0.573 e. The molecule has 5 rings (SSSR count). The molecule has 0 aliphatic carbocycles. The Labute approximate surface area is 226 Å². The van der Waals surface area contributed by atoms with Gasteiger partial charge in [-0.2, -0.15) is 4.39 Å². The second-order valence-corrected chi connectivity index (χ2v) is 9.51. The van der Waals surface area contributed by atoms with Gasteiger partial charge in [-0.3, -0.25) is 9.47 Å². The first-order valence-corrected chi connectivity index (χ1v) is 12.5. The van der Waals surface area contributed by atoms with Crippen molar-refractivity contribution in [2.45, 2.75) is 25.9 Å². The number of halogens is 5. The highest BCUT2D eigenvalue weighted by Crippen LogP contribution is 2.35. The summed E-state index contributed by atoms with van der Waals surface area (Å²) in [7, 11) is 0. The number of benzene rings is 2. The molecule has 0 saturated carbocycles. The number of carbonyl (C=O) groups excluding carboxylic acids is 1. The molecule has 0 radical (unpaired) electrons. The number of nitrogens with zero attached hydrogens (tertiary/aromatic N) is 3. The summed E-state index contributed by atoms with van der Waals surface area (Å²) < 4.78 is 57.9. The van der Waals surface area contributed by atoms with Gasteiger partial charge in [0.15, 0.2) is 0 Å². The second-order valence-electron chi connectivity index (χ2n) is 9.07. The Kier molecular flexibility index (Phi) is 7.58. The van der Waals surface area contributed by atoms with E-state index in [1.165, 1.54) is 35.0 Å². The summed E-state index contributed by atoms with van der Waals surface area (Å²) in [6, 6.07) is 13.7. The first-order chi connectivity index (χ1) is 18.7. The fraction of sp³-hybridized carbons (Fsp3) is 0.214. The lowest BCUT2D eigenvalue weighted by atomic mass is 10.0. The van der Waals surface area contributed by atoms with Crippen molar-refractivity contribution in [1.29, 1.82) is 0 Å². The maximum Gasteiger partial charge on any atom is 0.573 e. The van der Waals surface area contributed by atoms with E-state index >= 15 is 0 Å². The van der Waals surface area contributed by atoms with Crippen LogP contribution >= 0.6 is 11.6 Å². The van der Waals surface area contributed by atoms with Gasteiger partial charge in [-0.25, -0.2) is 9.78 Å². The van der Waals surface area contributed by atoms with Crippen molar-refractivity contribution in [3.63, 3.8) is 0 Å². The third-order valence-electron chi connectivity index (χ3n) is 6.41. The van der Waals surface area contributed by atoms with Crippen LogP contribution in [0.2, 0.25) is 5.02 Å². The van der Waals surface area contributed by atoms with E-state index in [0.717, 1.165) is 11.1 Å². The zero-order valence-corrected chi connectivity index (χ0v) is 21.3. The molecule has 2 aromatic heterocycles. The summed E-state index contributed by atoms with van der Waals surface area (Å²) in [5.41, 5.74) is 3.46. The van der Waals surface area contributed by atoms with Crippen LogP contribution in [0.25, 0.3) is 17.0 Å². The van der Waals surface area contributed by atoms with Gasteiger partial charge in [0.05, 0.1) is 5.52 Å². The number of alkyl halides is 3. The van der Waals surface area contributed by atoms with Crippen LogP contribution < -0.4 is 10.1 Å². The summed E-state index contributed by atoms with van der Waals surface area (Å²) in [5, 5.41) is 3.93. The third-order valence-corrected chi connectivity index (χ3v) is 6.67. The highest BCUT2D eigenvalue weighted by molar-refractivity contribution is 6.30. The van der Waals surface area contributed by atoms with E-state index in [1.807, 2.05) is 24.3 Å². The molecule has 1 amide bonds. The van der Waals surface area contributed by atoms with Crippen LogP contribution in [0.3, 0.4) is 0 Å². The molecule has 11 heteroatoms. The Morgan fingerprint density at radius 3 is 2.67 bits per heavy atom. The van der Waals surface area contributed by atoms with Crippen molar-refractivity contribution in [3.05, 3.63) is 100 Å². The Morgan fingerprint density at radius 1 is 1.13 bits per heavy atom. The lowest BCUT2D eigenvalue weighted by Gasteiger charge is -2.27. The fourth-order valence-electron chi connectivity index (χ4n) is 4.70. The Bertz CT molecular complexity index is 1530. The minimum atomic E-state index is -4.84. The summed E-state index contributed by atoms with van der Waals surface area (Å²) in [6.07, 6.45) is 0.950. The molecule has 6 nitrogen and oxygen atoms in total. The predicted molar refractivity (Wildman–Crippen MR) is 140 cm³/mol. The number of pyridine rings is 1. The summed E-state index contributed by atoms with van der Waals surface area (Å²) in [5.74, 6) is -1.02. The Balaban J connectivity index is 1.42. The zero-order valence-electron chi connectivity index (χ0n) is 20.5. The lowest BCUT2D eigenvalue weighted by molar-refractivity contribution is -0.274. The molecular formula is C28H23ClF4N4O2. The van der Waals surface area contributed by atoms with Crippen molar-refractivity contribution in [2.24, 2.45) is 0 Å². The standard InChI is InChI=1S/C28H23ClF4N4O2/c29-20-5-3-18(4-6-20)2-1-12-36-13-10-25-23(17-36)22-15-21(39-28(31,32)33)7-8-24(22)37(25)27(38)35-16-19-9-11-34-26(30)14-19/h1-9,11,14-15H,10,12-13,16-17H2,(H,35,38)/b2-1+. The van der Waals surface area contributed by atoms with Crippen LogP contribution in [0.5, 0.6) is 5.75 Å². The van der Waals surface area contributed by atoms with Crippen LogP contribution in [-0.2, 0) is 19.5 Å². The number of amides is 1. The van der Waals surface area contributed by atoms with Gasteiger partial charge in [0.1, 0.15) is 5.75 Å². The highest BCUT2D eigenvalue weighted by Gasteiger charge is 2.32. The van der Waals surface area contributed by atoms with Crippen molar-refractivity contribution < 1.29 is 27.1 Å². The number of aromatic nitrogens is 2. The van der Waals surface area contributed by atoms with Crippen molar-refractivity contribution >= 4 is 34.6 Å². The molecule has 0 unspecified atom stereocenters. The molecule has 0 fully saturated rings. The number of fused-ring (bicyclic) bond motifs is 3. The minimum Gasteiger partial charge on any atom is -0.406 e. The topological polar surface area (TPSA) is 59.4 Å². The van der Waals surface area contributed by atoms with Crippen LogP contribution in [0.15, 0.2) is 66.9 Å². The maximum atomic E-state index is 13.5. The van der Waals surface area contributed by atoms with Gasteiger partial charge in [-0.1, -0.05) is 35.9 Å². The molecule has 4 aromatic rings. The van der Waals surface area contributed by atoms with Crippen LogP contribution in [0.4, 0.5) is 22.4 Å². The van der Waals surface area contributed by atoms with Gasteiger partial charge >= 0.3 is 12.4 Å². The first-order valence-electron chi connectivity index (χ1n) is 12.1. The molecule has 0 saturated heterocycles. The van der Waals surface area contributed by atoms with E-state index in [2.05, 4.69) is 19.9 Å². The molecule has 0 atom stereocenters. The molecule has 2 aromatic carbocycles. The molecule has 202 valence electrons. The van der Waals surface area contributed by atoms with Crippen LogP contribution in [0, 0.1) is 5.95 Å². The molecule has 39 heavy (non-hydrogen) atoms. The first kappa shape index (κ1) is 26.7. The predicted octanol–water partition coefficient (Wildman–Crippen LogP) is 6.56. The SMILES string of the molecule is O=C(NCc1ccnc(F)c1)n1c2c(c3cc(OC(F)(F)F)ccc31)CN(C/C=C/c1ccc(Cl)cc1)CC2. The third kappa shape index (κ3) is 6.40. The van der Waals surface area contributed by atoms with E-state index < -0.39 is 18.3 Å². The highest BCUT2D eigenvalue weighted by atomic mass is 35.5. The van der Waals surface area contributed by atoms with Crippen molar-refractivity contribution in [1.82, 2.24) is 19.8 Å². The molecule has 1 aliphatic rings. The van der Waals surface area contributed by atoms with Crippen LogP contribution in [0.1, 0.15) is 22.4 Å². The summed E-state index contributed by atoms with van der Waals surface area (Å²) in [6.45, 7) is 1.74. The smallest absolute Gasteiger partial charge is 0.406 e. The summed E-state index contributed by atoms with van der Waals surface area (Å²) >= 11 is 5.94. The molecule has 3 heterocycles. The monoisotopic (exact) mass is 558 g/mol. The van der Waals surface area contributed by atoms with E-state index in [1.54, 1.807) is 18.2 Å². The molecule has 0 bridgehead atoms. The molecule has 0 spiro atoms. The van der Waals surface area contributed by atoms with Crippen molar-refractivity contribution in [2.75, 3.05) is 13.1 Å². The normalized spacial score (nSPS) is 14.1. The van der Waals surface area contributed by atoms with E-state index in [4.69, 9.17) is 11.6 Å². The molecule has 1 aliphatic heterocycles. The number of hydrogen-bond donors (Lipinski definition) is 1. The van der Waals surface area contributed by atoms with Gasteiger partial charge < -0.3 is 10.1 Å². The molecule has 1 N–H and O–H groups in total. The number of ether oxygens (including phenoxy) is 1. The van der Waals surface area contributed by atoms with Gasteiger partial charge in [-0.15, -0.1) is 13.2 Å². The minimum absolute atomic E-state index is 0.0591. The molecular weight excluding hydrogens is 536 g/mol. The van der Waals surface area contributed by atoms with Gasteiger partial charge in [0.2, 0.25) is 5.95 Å². The quantitative estimate of drug-likeness (QED) is 0.215. The van der Waals surface area contributed by atoms with E-state index in [9.17, 15) is 22.4 Å². The van der Waals surface area contributed by atoms with Gasteiger partial charge in [0.25, 0.3) is 0 Å². The number of hydrogen-bond acceptors (Lipinski definition) is 4. The van der Waals surface area contributed by atoms with Crippen LogP contribution in [-0.4, -0.2) is 39.9 Å². The Morgan fingerprint density at radius 2 is 1.92 bits per heavy atom. The number of nitrogens with one attached hydrogen (secondary N) is 1. The zero-order chi connectivity index (χ0) is 27.6. The summed E-state index contributed by atoms with van der Waals surface area (Å²) in [4.78, 5) is 18.9. The van der Waals surface area contributed by atoms with Gasteiger partial charge in [-0.05, 0) is 59.2 Å². The average Bonchev–Trinajstić information content (AvgIpc) is 3.21. The van der Waals surface area contributed by atoms with E-state index in [0.29, 0.717) is 53.2 Å². The lowest BCUT2D eigenvalue weighted by Crippen LogP contribution is -2.34. The van der Waals surface area contributed by atoms with Gasteiger partial charge in [0, 0.05) is 54.9 Å². The van der Waals surface area contributed by atoms with Crippen molar-refractivity contribution in [3.8, 4) is 5.75 Å². The van der Waals surface area contributed by atoms with E-state index in [-0.39, 0.29) is 12.3 Å².